The molecule has 2 atom stereocenters. The van der Waals surface area contributed by atoms with Crippen LogP contribution in [-0.2, 0) is 36.2 Å². The van der Waals surface area contributed by atoms with Crippen molar-refractivity contribution in [2.75, 3.05) is 0 Å². The van der Waals surface area contributed by atoms with E-state index >= 15 is 0 Å². The quantitative estimate of drug-likeness (QED) is 0.396. The summed E-state index contributed by atoms with van der Waals surface area (Å²) in [5, 5.41) is 39.2. The molecule has 0 spiro atoms. The molecule has 0 amide bonds. The summed E-state index contributed by atoms with van der Waals surface area (Å²) in [6, 6.07) is -2.42. The van der Waals surface area contributed by atoms with E-state index in [4.69, 9.17) is 11.5 Å². The molecule has 1 radical (unpaired) electrons. The van der Waals surface area contributed by atoms with Crippen LogP contribution in [-0.4, -0.2) is 36.0 Å². The maximum atomic E-state index is 9.86. The fourth-order valence-corrected chi connectivity index (χ4v) is 0.782. The molecule has 0 aliphatic carbocycles. The predicted octanol–water partition coefficient (Wildman–Crippen LogP) is -6.82. The predicted molar refractivity (Wildman–Crippen MR) is 54.4 cm³/mol. The molecule has 119 valence electrons. The molecule has 0 saturated carbocycles. The minimum absolute atomic E-state index is 0. The van der Waals surface area contributed by atoms with Crippen LogP contribution in [0.3, 0.4) is 0 Å². The average Bonchev–Trinajstić information content (AvgIpc) is 2.33. The maximum absolute atomic E-state index is 9.86. The molecule has 0 heterocycles. The Balaban J connectivity index is -0.000000295. The van der Waals surface area contributed by atoms with E-state index in [-0.39, 0.29) is 42.8 Å². The van der Waals surface area contributed by atoms with Crippen LogP contribution in [0.15, 0.2) is 0 Å². The monoisotopic (exact) mass is 345 g/mol. The number of carboxylic acids is 4. The summed E-state index contributed by atoms with van der Waals surface area (Å²) in [4.78, 5) is 39.2. The molecule has 11 heteroatoms. The number of carbonyl (C=O) groups is 4. The molecule has 10 nitrogen and oxygen atoms in total. The number of nitrogens with two attached hydrogens (primary N) is 2. The molecule has 0 aliphatic heterocycles. The van der Waals surface area contributed by atoms with Gasteiger partial charge in [0, 0.05) is 24.0 Å². The number of hydrogen-bond donors (Lipinski definition) is 2. The largest absolute Gasteiger partial charge is 4.00 e. The summed E-state index contributed by atoms with van der Waals surface area (Å²) in [7, 11) is 0. The van der Waals surface area contributed by atoms with E-state index in [1.54, 1.807) is 0 Å². The molecule has 0 saturated heterocycles. The van der Waals surface area contributed by atoms with Crippen LogP contribution in [0.4, 0.5) is 0 Å². The Labute approximate surface area is 130 Å². The van der Waals surface area contributed by atoms with Crippen LogP contribution in [0, 0.1) is 0 Å². The second kappa shape index (κ2) is 13.3. The molecule has 0 aromatic heterocycles. The van der Waals surface area contributed by atoms with Gasteiger partial charge in [0.2, 0.25) is 0 Å². The van der Waals surface area contributed by atoms with Gasteiger partial charge in [-0.3, -0.25) is 0 Å². The zero-order valence-electron chi connectivity index (χ0n) is 10.8. The van der Waals surface area contributed by atoms with Gasteiger partial charge in [-0.15, -0.1) is 0 Å². The van der Waals surface area contributed by atoms with Gasteiger partial charge in [0.25, 0.3) is 0 Å². The first-order valence-electron chi connectivity index (χ1n) is 5.40. The average molecular weight is 345 g/mol. The van der Waals surface area contributed by atoms with E-state index in [1.807, 2.05) is 0 Å². The molecule has 0 bridgehead atoms. The third-order valence-electron chi connectivity index (χ3n) is 1.92. The molecule has 0 aromatic carbocycles. The van der Waals surface area contributed by atoms with Crippen LogP contribution in [0.5, 0.6) is 0 Å². The Hall–Kier alpha value is -1.68. The van der Waals surface area contributed by atoms with E-state index in [1.165, 1.54) is 0 Å². The van der Waals surface area contributed by atoms with Crippen molar-refractivity contribution in [2.24, 2.45) is 11.5 Å². The van der Waals surface area contributed by atoms with Gasteiger partial charge in [0.15, 0.2) is 0 Å². The third-order valence-corrected chi connectivity index (χ3v) is 1.92. The minimum atomic E-state index is -1.44. The Morgan fingerprint density at radius 3 is 1.10 bits per heavy atom. The summed E-state index contributed by atoms with van der Waals surface area (Å²) in [6.45, 7) is 0. The summed E-state index contributed by atoms with van der Waals surface area (Å²) < 4.78 is 0. The molecular formula is C10H14MnN2O8. The fraction of sp³-hybridized carbons (Fsp3) is 0.600. The zero-order chi connectivity index (χ0) is 16.3. The van der Waals surface area contributed by atoms with Gasteiger partial charge in [-0.2, -0.15) is 0 Å². The van der Waals surface area contributed by atoms with E-state index in [2.05, 4.69) is 0 Å². The van der Waals surface area contributed by atoms with Crippen LogP contribution in [0.25, 0.3) is 0 Å². The second-order valence-corrected chi connectivity index (χ2v) is 3.67. The Kier molecular flexibility index (Phi) is 15.4. The Morgan fingerprint density at radius 1 is 0.714 bits per heavy atom. The van der Waals surface area contributed by atoms with Gasteiger partial charge in [-0.05, 0) is 25.7 Å². The number of carbonyl (C=O) groups excluding carboxylic acids is 4. The first kappa shape index (κ1) is 24.3. The van der Waals surface area contributed by atoms with Crippen molar-refractivity contribution < 1.29 is 56.7 Å². The van der Waals surface area contributed by atoms with Crippen molar-refractivity contribution in [1.29, 1.82) is 0 Å². The van der Waals surface area contributed by atoms with Gasteiger partial charge >= 0.3 is 17.1 Å². The van der Waals surface area contributed by atoms with Crippen LogP contribution >= 0.6 is 0 Å². The Bertz CT molecular complexity index is 329. The van der Waals surface area contributed by atoms with Crippen LogP contribution in [0.1, 0.15) is 25.7 Å². The topological polar surface area (TPSA) is 213 Å². The number of carboxylic acid groups (broad SMARTS) is 4. The summed E-state index contributed by atoms with van der Waals surface area (Å²) >= 11 is 0. The van der Waals surface area contributed by atoms with Gasteiger partial charge in [0.05, 0.1) is 11.9 Å². The molecule has 0 unspecified atom stereocenters. The van der Waals surface area contributed by atoms with Gasteiger partial charge in [0.1, 0.15) is 0 Å². The molecular weight excluding hydrogens is 331 g/mol. The van der Waals surface area contributed by atoms with Crippen LogP contribution < -0.4 is 31.9 Å². The van der Waals surface area contributed by atoms with Gasteiger partial charge in [-0.1, -0.05) is 0 Å². The van der Waals surface area contributed by atoms with E-state index in [9.17, 15) is 39.6 Å². The van der Waals surface area contributed by atoms with Crippen molar-refractivity contribution in [2.45, 2.75) is 37.8 Å². The zero-order valence-corrected chi connectivity index (χ0v) is 12.0. The van der Waals surface area contributed by atoms with Crippen molar-refractivity contribution in [1.82, 2.24) is 0 Å². The Morgan fingerprint density at radius 2 is 0.952 bits per heavy atom. The van der Waals surface area contributed by atoms with Gasteiger partial charge in [-0.25, -0.2) is 0 Å². The standard InChI is InChI=1S/2C5H9NO4.Mn/c2*6-3(5(9)10)1-2-4(7)8;/h2*3H,1-2,6H2,(H,7,8)(H,9,10);/q;;+4/p-4/t2*3-;/m00./s1. The van der Waals surface area contributed by atoms with Crippen molar-refractivity contribution >= 4 is 23.9 Å². The number of aliphatic carboxylic acids is 4. The molecule has 0 fully saturated rings. The molecule has 0 aromatic rings. The second-order valence-electron chi connectivity index (χ2n) is 3.67. The summed E-state index contributed by atoms with van der Waals surface area (Å²) in [6.07, 6.45) is -1.00. The first-order valence-corrected chi connectivity index (χ1v) is 5.40. The summed E-state index contributed by atoms with van der Waals surface area (Å²) in [5.74, 6) is -5.50. The molecule has 0 aliphatic rings. The maximum Gasteiger partial charge on any atom is 4.00 e. The van der Waals surface area contributed by atoms with Crippen molar-refractivity contribution in [3.63, 3.8) is 0 Å². The van der Waals surface area contributed by atoms with Crippen LogP contribution in [0.2, 0.25) is 0 Å². The smallest absolute Gasteiger partial charge is 0.550 e. The molecule has 21 heavy (non-hydrogen) atoms. The van der Waals surface area contributed by atoms with E-state index < -0.39 is 36.0 Å². The van der Waals surface area contributed by atoms with E-state index in [0.717, 1.165) is 0 Å². The SMILES string of the molecule is N[C@@H](CCC(=O)[O-])C(=O)[O-].N[C@@H](CCC(=O)[O-])C(=O)[O-].[Mn+4]. The van der Waals surface area contributed by atoms with Crippen molar-refractivity contribution in [3.8, 4) is 0 Å². The third kappa shape index (κ3) is 18.3. The summed E-state index contributed by atoms with van der Waals surface area (Å²) in [5.41, 5.74) is 9.82. The van der Waals surface area contributed by atoms with Gasteiger partial charge < -0.3 is 51.1 Å². The van der Waals surface area contributed by atoms with E-state index in [0.29, 0.717) is 0 Å². The van der Waals surface area contributed by atoms with Crippen molar-refractivity contribution in [3.05, 3.63) is 0 Å². The first-order chi connectivity index (χ1) is 9.07. The number of rotatable bonds is 8. The fourth-order valence-electron chi connectivity index (χ4n) is 0.782. The normalized spacial score (nSPS) is 11.9. The molecule has 0 rings (SSSR count). The minimum Gasteiger partial charge on any atom is -0.550 e. The number of hydrogen-bond acceptors (Lipinski definition) is 10. The molecule has 4 N–H and O–H groups in total.